The van der Waals surface area contributed by atoms with Crippen LogP contribution in [0.25, 0.3) is 72.4 Å². The number of fused-ring (bicyclic) bond motifs is 4. The maximum Gasteiger partial charge on any atom is 0.149 e. The molecule has 0 bridgehead atoms. The molecule has 0 saturated heterocycles. The van der Waals surface area contributed by atoms with Gasteiger partial charge >= 0.3 is 0 Å². The first-order valence-corrected chi connectivity index (χ1v) is 17.9. The molecule has 0 amide bonds. The molecule has 254 valence electrons. The number of nitrogens with zero attached hydrogens (tertiary/aromatic N) is 3. The predicted octanol–water partition coefficient (Wildman–Crippen LogP) is 13.2. The second-order valence-electron chi connectivity index (χ2n) is 15.3. The number of imidazole rings is 1. The average molecular weight is 671 g/mol. The zero-order valence-electron chi connectivity index (χ0n) is 33.4. The van der Waals surface area contributed by atoms with Crippen molar-refractivity contribution in [3.63, 3.8) is 0 Å². The molecule has 0 radical (unpaired) electrons. The van der Waals surface area contributed by atoms with Gasteiger partial charge in [-0.1, -0.05) is 109 Å². The Balaban J connectivity index is 1.43. The van der Waals surface area contributed by atoms with Crippen molar-refractivity contribution in [3.8, 4) is 39.5 Å². The highest BCUT2D eigenvalue weighted by Gasteiger charge is 2.26. The highest BCUT2D eigenvalue weighted by molar-refractivity contribution is 6.12. The van der Waals surface area contributed by atoms with Crippen LogP contribution in [0.15, 0.2) is 120 Å². The molecule has 0 atom stereocenters. The van der Waals surface area contributed by atoms with Crippen LogP contribution in [0.2, 0.25) is 0 Å². The summed E-state index contributed by atoms with van der Waals surface area (Å²) in [5.74, 6) is 1.10. The Hall–Kier alpha value is -5.48. The van der Waals surface area contributed by atoms with E-state index in [9.17, 15) is 0 Å². The molecule has 51 heavy (non-hydrogen) atoms. The van der Waals surface area contributed by atoms with Gasteiger partial charge in [0.15, 0.2) is 0 Å². The highest BCUT2D eigenvalue weighted by atomic mass is 16.3. The minimum Gasteiger partial charge on any atom is -0.455 e. The van der Waals surface area contributed by atoms with Gasteiger partial charge < -0.3 is 4.42 Å². The van der Waals surface area contributed by atoms with Crippen LogP contribution in [0.3, 0.4) is 0 Å². The van der Waals surface area contributed by atoms with E-state index < -0.39 is 6.85 Å². The molecule has 8 rings (SSSR count). The zero-order valence-corrected chi connectivity index (χ0v) is 30.4. The van der Waals surface area contributed by atoms with Crippen molar-refractivity contribution >= 4 is 33.0 Å². The Morgan fingerprint density at radius 2 is 1.41 bits per heavy atom. The Morgan fingerprint density at radius 1 is 0.686 bits per heavy atom. The molecule has 0 fully saturated rings. The van der Waals surface area contributed by atoms with Crippen LogP contribution >= 0.6 is 0 Å². The largest absolute Gasteiger partial charge is 0.455 e. The van der Waals surface area contributed by atoms with Crippen molar-refractivity contribution in [2.45, 2.75) is 72.6 Å². The third kappa shape index (κ3) is 5.63. The topological polar surface area (TPSA) is 43.9 Å². The van der Waals surface area contributed by atoms with Crippen LogP contribution in [0.1, 0.15) is 86.8 Å². The fourth-order valence-corrected chi connectivity index (χ4v) is 7.28. The van der Waals surface area contributed by atoms with Gasteiger partial charge in [-0.3, -0.25) is 9.55 Å². The van der Waals surface area contributed by atoms with Gasteiger partial charge in [-0.05, 0) is 101 Å². The number of furan rings is 1. The van der Waals surface area contributed by atoms with Gasteiger partial charge in [0, 0.05) is 31.6 Å². The molecule has 0 unspecified atom stereocenters. The second-order valence-corrected chi connectivity index (χ2v) is 15.3. The number of aryl methyl sites for hydroxylation is 1. The zero-order chi connectivity index (χ0) is 38.1. The van der Waals surface area contributed by atoms with Crippen molar-refractivity contribution in [3.05, 3.63) is 138 Å². The lowest BCUT2D eigenvalue weighted by atomic mass is 9.88. The van der Waals surface area contributed by atoms with E-state index >= 15 is 0 Å². The van der Waals surface area contributed by atoms with Crippen LogP contribution in [0, 0.1) is 6.85 Å². The minimum absolute atomic E-state index is 0.110. The minimum atomic E-state index is -2.36. The van der Waals surface area contributed by atoms with Gasteiger partial charge in [-0.15, -0.1) is 0 Å². The van der Waals surface area contributed by atoms with Gasteiger partial charge in [-0.25, -0.2) is 4.98 Å². The second kappa shape index (κ2) is 12.4. The molecule has 5 aromatic carbocycles. The Morgan fingerprint density at radius 3 is 2.12 bits per heavy atom. The van der Waals surface area contributed by atoms with Crippen LogP contribution < -0.4 is 0 Å². The molecule has 4 heteroatoms. The quantitative estimate of drug-likeness (QED) is 0.177. The van der Waals surface area contributed by atoms with Crippen LogP contribution in [0.5, 0.6) is 0 Å². The van der Waals surface area contributed by atoms with Gasteiger partial charge in [-0.2, -0.15) is 0 Å². The first-order chi connectivity index (χ1) is 25.7. The molecule has 0 aliphatic carbocycles. The lowest BCUT2D eigenvalue weighted by Crippen LogP contribution is -2.13. The summed E-state index contributed by atoms with van der Waals surface area (Å²) < 4.78 is 34.8. The molecule has 3 aromatic heterocycles. The summed E-state index contributed by atoms with van der Waals surface area (Å²) in [5, 5.41) is 1.32. The van der Waals surface area contributed by atoms with E-state index in [1.54, 1.807) is 6.07 Å². The van der Waals surface area contributed by atoms with E-state index in [2.05, 4.69) is 102 Å². The predicted molar refractivity (Wildman–Crippen MR) is 214 cm³/mol. The average Bonchev–Trinajstić information content (AvgIpc) is 3.72. The summed E-state index contributed by atoms with van der Waals surface area (Å²) in [6.45, 7) is 13.0. The first-order valence-electron chi connectivity index (χ1n) is 19.4. The summed E-state index contributed by atoms with van der Waals surface area (Å²) in [6, 6.07) is 39.0. The summed E-state index contributed by atoms with van der Waals surface area (Å²) >= 11 is 0. The molecular weight excluding hydrogens is 623 g/mol. The van der Waals surface area contributed by atoms with Gasteiger partial charge in [0.25, 0.3) is 0 Å². The summed E-state index contributed by atoms with van der Waals surface area (Å²) in [4.78, 5) is 10.3. The van der Waals surface area contributed by atoms with Crippen molar-refractivity contribution in [2.75, 3.05) is 0 Å². The van der Waals surface area contributed by atoms with Crippen LogP contribution in [-0.2, 0) is 5.41 Å². The maximum atomic E-state index is 8.57. The maximum absolute atomic E-state index is 8.57. The highest BCUT2D eigenvalue weighted by Crippen LogP contribution is 2.43. The van der Waals surface area contributed by atoms with Crippen LogP contribution in [-0.4, -0.2) is 14.5 Å². The third-order valence-electron chi connectivity index (χ3n) is 9.98. The summed E-state index contributed by atoms with van der Waals surface area (Å²) in [5.41, 5.74) is 12.4. The molecule has 0 N–H and O–H groups in total. The Bertz CT molecular complexity index is 2660. The molecule has 0 saturated carbocycles. The number of rotatable bonds is 6. The third-order valence-corrected chi connectivity index (χ3v) is 9.98. The van der Waals surface area contributed by atoms with Crippen LogP contribution in [0.4, 0.5) is 0 Å². The van der Waals surface area contributed by atoms with Gasteiger partial charge in [0.05, 0.1) is 28.0 Å². The smallest absolute Gasteiger partial charge is 0.149 e. The lowest BCUT2D eigenvalue weighted by molar-refractivity contribution is 0.570. The number of hydrogen-bond donors (Lipinski definition) is 0. The van der Waals surface area contributed by atoms with E-state index in [0.29, 0.717) is 22.4 Å². The first kappa shape index (κ1) is 29.3. The summed E-state index contributed by atoms with van der Waals surface area (Å²) in [6.07, 6.45) is 0. The van der Waals surface area contributed by atoms with Crippen molar-refractivity contribution in [1.29, 1.82) is 0 Å². The number of benzene rings is 5. The molecular formula is C47H45N3O. The monoisotopic (exact) mass is 670 g/mol. The van der Waals surface area contributed by atoms with E-state index in [1.165, 1.54) is 22.3 Å². The Labute approximate surface area is 305 Å². The number of para-hydroxylation sites is 2. The fourth-order valence-electron chi connectivity index (χ4n) is 7.28. The van der Waals surface area contributed by atoms with E-state index in [-0.39, 0.29) is 22.8 Å². The molecule has 4 nitrogen and oxygen atoms in total. The van der Waals surface area contributed by atoms with E-state index in [4.69, 9.17) is 18.5 Å². The Kier molecular flexibility index (Phi) is 7.11. The molecule has 0 aliphatic heterocycles. The van der Waals surface area contributed by atoms with Gasteiger partial charge in [0.2, 0.25) is 0 Å². The standard InChI is InChI=1S/C47H45N3O/c1-28(2)36-25-33(31-15-10-9-11-16-31)26-37(29(3)4)44(36)50-40-19-13-12-17-39(40)49-46(50)35-23-21-30(5)43-34-24-22-32(27-41(34)51-45(35)43)38-18-14-20-42(48-38)47(6,7)8/h9-29H,1-8H3/i5D3. The van der Waals surface area contributed by atoms with E-state index in [1.807, 2.05) is 60.7 Å². The number of hydrogen-bond acceptors (Lipinski definition) is 3. The molecule has 8 aromatic rings. The van der Waals surface area contributed by atoms with Crippen molar-refractivity contribution in [1.82, 2.24) is 14.5 Å². The SMILES string of the molecule is [2H]C([2H])([2H])c1ccc(-c2nc3ccccc3n2-c2c(C(C)C)cc(-c3ccccc3)cc2C(C)C)c2oc3cc(-c4cccc(C(C)(C)C)n4)ccc3c12. The normalized spacial score (nSPS) is 13.4. The number of aromatic nitrogens is 3. The van der Waals surface area contributed by atoms with Crippen molar-refractivity contribution < 1.29 is 8.53 Å². The fraction of sp³-hybridized carbons (Fsp3) is 0.234. The van der Waals surface area contributed by atoms with Crippen molar-refractivity contribution in [2.24, 2.45) is 0 Å². The molecule has 0 aliphatic rings. The lowest BCUT2D eigenvalue weighted by Gasteiger charge is -2.24. The summed E-state index contributed by atoms with van der Waals surface area (Å²) in [7, 11) is 0. The molecule has 3 heterocycles. The number of pyridine rings is 1. The van der Waals surface area contributed by atoms with Gasteiger partial charge in [0.1, 0.15) is 17.0 Å². The molecule has 0 spiro atoms. The van der Waals surface area contributed by atoms with E-state index in [0.717, 1.165) is 44.6 Å².